The second-order valence-corrected chi connectivity index (χ2v) is 5.58. The summed E-state index contributed by atoms with van der Waals surface area (Å²) in [4.78, 5) is 2.33. The van der Waals surface area contributed by atoms with Crippen molar-refractivity contribution in [3.63, 3.8) is 0 Å². The van der Waals surface area contributed by atoms with Crippen molar-refractivity contribution < 1.29 is 5.11 Å². The monoisotopic (exact) mass is 270 g/mol. The molecule has 1 fully saturated rings. The second kappa shape index (κ2) is 5.92. The first-order valence-electron chi connectivity index (χ1n) is 7.35. The average molecular weight is 270 g/mol. The van der Waals surface area contributed by atoms with Gasteiger partial charge in [-0.15, -0.1) is 0 Å². The van der Waals surface area contributed by atoms with E-state index in [2.05, 4.69) is 47.5 Å². The van der Waals surface area contributed by atoms with E-state index >= 15 is 0 Å². The van der Waals surface area contributed by atoms with Gasteiger partial charge in [0.15, 0.2) is 0 Å². The van der Waals surface area contributed by atoms with E-state index in [0.29, 0.717) is 6.54 Å². The molecule has 3 rings (SSSR count). The Hall–Kier alpha value is -1.42. The summed E-state index contributed by atoms with van der Waals surface area (Å²) < 4.78 is 0. The Kier molecular flexibility index (Phi) is 4.01. The molecular formula is C17H22N2O. The fourth-order valence-electron chi connectivity index (χ4n) is 3.00. The molecule has 1 heterocycles. The summed E-state index contributed by atoms with van der Waals surface area (Å²) in [6.07, 6.45) is -0.418. The van der Waals surface area contributed by atoms with Crippen LogP contribution in [0.15, 0.2) is 36.4 Å². The first kappa shape index (κ1) is 13.6. The van der Waals surface area contributed by atoms with Crippen LogP contribution in [0, 0.1) is 6.92 Å². The van der Waals surface area contributed by atoms with Crippen LogP contribution in [-0.2, 0) is 0 Å². The molecule has 0 bridgehead atoms. The zero-order valence-corrected chi connectivity index (χ0v) is 12.0. The molecule has 1 aliphatic rings. The number of nitrogens with zero attached hydrogens (tertiary/aromatic N) is 1. The molecule has 0 spiro atoms. The van der Waals surface area contributed by atoms with E-state index < -0.39 is 6.10 Å². The van der Waals surface area contributed by atoms with Crippen LogP contribution in [0.4, 0.5) is 0 Å². The second-order valence-electron chi connectivity index (χ2n) is 5.58. The van der Waals surface area contributed by atoms with Gasteiger partial charge >= 0.3 is 0 Å². The van der Waals surface area contributed by atoms with E-state index in [9.17, 15) is 5.11 Å². The van der Waals surface area contributed by atoms with E-state index in [4.69, 9.17) is 0 Å². The summed E-state index contributed by atoms with van der Waals surface area (Å²) in [7, 11) is 0. The fourth-order valence-corrected chi connectivity index (χ4v) is 3.00. The van der Waals surface area contributed by atoms with Crippen molar-refractivity contribution in [2.75, 3.05) is 32.7 Å². The lowest BCUT2D eigenvalue weighted by Crippen LogP contribution is -2.44. The number of fused-ring (bicyclic) bond motifs is 1. The van der Waals surface area contributed by atoms with E-state index in [1.165, 1.54) is 16.3 Å². The highest BCUT2D eigenvalue weighted by Gasteiger charge is 2.17. The molecule has 2 N–H and O–H groups in total. The molecule has 2 aromatic rings. The third kappa shape index (κ3) is 2.70. The summed E-state index contributed by atoms with van der Waals surface area (Å²) >= 11 is 0. The van der Waals surface area contributed by atoms with Gasteiger partial charge in [0.25, 0.3) is 0 Å². The lowest BCUT2D eigenvalue weighted by atomic mass is 9.97. The lowest BCUT2D eigenvalue weighted by molar-refractivity contribution is 0.106. The first-order chi connectivity index (χ1) is 9.75. The number of rotatable bonds is 3. The number of hydrogen-bond donors (Lipinski definition) is 2. The number of aryl methyl sites for hydroxylation is 1. The van der Waals surface area contributed by atoms with Crippen LogP contribution >= 0.6 is 0 Å². The molecule has 1 saturated heterocycles. The van der Waals surface area contributed by atoms with Gasteiger partial charge < -0.3 is 10.4 Å². The van der Waals surface area contributed by atoms with E-state index in [-0.39, 0.29) is 0 Å². The third-order valence-corrected chi connectivity index (χ3v) is 4.18. The van der Waals surface area contributed by atoms with Crippen LogP contribution in [-0.4, -0.2) is 42.7 Å². The number of benzene rings is 2. The molecule has 20 heavy (non-hydrogen) atoms. The quantitative estimate of drug-likeness (QED) is 0.896. The number of aliphatic hydroxyl groups excluding tert-OH is 1. The molecule has 0 aromatic heterocycles. The smallest absolute Gasteiger partial charge is 0.0922 e. The van der Waals surface area contributed by atoms with Gasteiger partial charge in [0.1, 0.15) is 0 Å². The molecular weight excluding hydrogens is 248 g/mol. The molecule has 0 saturated carbocycles. The number of nitrogens with one attached hydrogen (secondary N) is 1. The van der Waals surface area contributed by atoms with Crippen LogP contribution in [0.25, 0.3) is 10.8 Å². The van der Waals surface area contributed by atoms with Gasteiger partial charge in [-0.25, -0.2) is 0 Å². The molecule has 1 atom stereocenters. The largest absolute Gasteiger partial charge is 0.387 e. The summed E-state index contributed by atoms with van der Waals surface area (Å²) in [5, 5.41) is 16.4. The zero-order valence-electron chi connectivity index (χ0n) is 12.0. The van der Waals surface area contributed by atoms with Gasteiger partial charge in [-0.2, -0.15) is 0 Å². The molecule has 3 heteroatoms. The lowest BCUT2D eigenvalue weighted by Gasteiger charge is -2.29. The van der Waals surface area contributed by atoms with Crippen molar-refractivity contribution in [3.05, 3.63) is 47.5 Å². The predicted molar refractivity (Wildman–Crippen MR) is 83.0 cm³/mol. The molecule has 2 aromatic carbocycles. The third-order valence-electron chi connectivity index (χ3n) is 4.18. The molecule has 3 nitrogen and oxygen atoms in total. The highest BCUT2D eigenvalue weighted by atomic mass is 16.3. The van der Waals surface area contributed by atoms with Crippen LogP contribution < -0.4 is 5.32 Å². The van der Waals surface area contributed by atoms with Crippen molar-refractivity contribution in [1.29, 1.82) is 0 Å². The Morgan fingerprint density at radius 2 is 1.80 bits per heavy atom. The summed E-state index contributed by atoms with van der Waals surface area (Å²) in [6, 6.07) is 12.5. The molecule has 0 amide bonds. The SMILES string of the molecule is Cc1ccc(C(O)CN2CCNCC2)c2ccccc12. The summed E-state index contributed by atoms with van der Waals surface area (Å²) in [5.41, 5.74) is 2.31. The summed E-state index contributed by atoms with van der Waals surface area (Å²) in [6.45, 7) is 6.90. The highest BCUT2D eigenvalue weighted by molar-refractivity contribution is 5.88. The van der Waals surface area contributed by atoms with Crippen molar-refractivity contribution in [2.24, 2.45) is 0 Å². The predicted octanol–water partition coefficient (Wildman–Crippen LogP) is 2.09. The van der Waals surface area contributed by atoms with E-state index in [0.717, 1.165) is 31.7 Å². The van der Waals surface area contributed by atoms with Crippen molar-refractivity contribution in [1.82, 2.24) is 10.2 Å². The van der Waals surface area contributed by atoms with Gasteiger partial charge in [0.2, 0.25) is 0 Å². The minimum atomic E-state index is -0.418. The minimum Gasteiger partial charge on any atom is -0.387 e. The van der Waals surface area contributed by atoms with E-state index in [1.807, 2.05) is 6.07 Å². The van der Waals surface area contributed by atoms with Crippen molar-refractivity contribution in [2.45, 2.75) is 13.0 Å². The van der Waals surface area contributed by atoms with Gasteiger partial charge in [0.05, 0.1) is 6.10 Å². The Balaban J connectivity index is 1.87. The number of piperazine rings is 1. The number of aliphatic hydroxyl groups is 1. The Bertz CT molecular complexity index is 591. The van der Waals surface area contributed by atoms with Gasteiger partial charge in [-0.3, -0.25) is 4.90 Å². The normalized spacial score (nSPS) is 18.3. The van der Waals surface area contributed by atoms with E-state index in [1.54, 1.807) is 0 Å². The number of β-amino-alcohol motifs (C(OH)–C–C–N with tert-alkyl or cyclic N) is 1. The van der Waals surface area contributed by atoms with Crippen LogP contribution in [0.3, 0.4) is 0 Å². The average Bonchev–Trinajstić information content (AvgIpc) is 2.49. The van der Waals surface area contributed by atoms with Crippen LogP contribution in [0.5, 0.6) is 0 Å². The maximum atomic E-state index is 10.6. The van der Waals surface area contributed by atoms with Gasteiger partial charge in [-0.05, 0) is 28.8 Å². The Morgan fingerprint density at radius 3 is 2.55 bits per heavy atom. The molecule has 106 valence electrons. The van der Waals surface area contributed by atoms with Gasteiger partial charge in [0, 0.05) is 32.7 Å². The first-order valence-corrected chi connectivity index (χ1v) is 7.35. The molecule has 0 radical (unpaired) electrons. The standard InChI is InChI=1S/C17H22N2O/c1-13-6-7-16(15-5-3-2-4-14(13)15)17(20)12-19-10-8-18-9-11-19/h2-7,17-18,20H,8-12H2,1H3. The molecule has 1 aliphatic heterocycles. The Morgan fingerprint density at radius 1 is 1.10 bits per heavy atom. The van der Waals surface area contributed by atoms with Crippen molar-refractivity contribution >= 4 is 10.8 Å². The zero-order chi connectivity index (χ0) is 13.9. The maximum Gasteiger partial charge on any atom is 0.0922 e. The maximum absolute atomic E-state index is 10.6. The fraction of sp³-hybridized carbons (Fsp3) is 0.412. The minimum absolute atomic E-state index is 0.418. The van der Waals surface area contributed by atoms with Gasteiger partial charge in [-0.1, -0.05) is 36.4 Å². The molecule has 0 aliphatic carbocycles. The molecule has 1 unspecified atom stereocenters. The van der Waals surface area contributed by atoms with Crippen molar-refractivity contribution in [3.8, 4) is 0 Å². The highest BCUT2D eigenvalue weighted by Crippen LogP contribution is 2.27. The summed E-state index contributed by atoms with van der Waals surface area (Å²) in [5.74, 6) is 0. The van der Waals surface area contributed by atoms with Crippen LogP contribution in [0.2, 0.25) is 0 Å². The van der Waals surface area contributed by atoms with Crippen LogP contribution in [0.1, 0.15) is 17.2 Å². The Labute approximate surface area is 120 Å². The topological polar surface area (TPSA) is 35.5 Å². The number of hydrogen-bond acceptors (Lipinski definition) is 3.